The predicted octanol–water partition coefficient (Wildman–Crippen LogP) is 3.44. The summed E-state index contributed by atoms with van der Waals surface area (Å²) in [6.45, 7) is 4.08. The van der Waals surface area contributed by atoms with Gasteiger partial charge in [0.1, 0.15) is 0 Å². The van der Waals surface area contributed by atoms with Crippen LogP contribution < -0.4 is 0 Å². The number of rotatable bonds is 3. The van der Waals surface area contributed by atoms with Gasteiger partial charge in [0, 0.05) is 0 Å². The standard InChI is InChI=1S/C12H15NOS/c1-3-4-11(14)9-5-6-12-10(7-9)13-8(2)15-12/h5-7,11,14H,3-4H2,1-2H3. The zero-order valence-corrected chi connectivity index (χ0v) is 9.84. The molecule has 1 N–H and O–H groups in total. The van der Waals surface area contributed by atoms with Crippen molar-refractivity contribution in [3.05, 3.63) is 28.8 Å². The van der Waals surface area contributed by atoms with Crippen LogP contribution in [0.2, 0.25) is 0 Å². The number of hydrogen-bond acceptors (Lipinski definition) is 3. The summed E-state index contributed by atoms with van der Waals surface area (Å²) >= 11 is 1.69. The normalized spacial score (nSPS) is 13.3. The lowest BCUT2D eigenvalue weighted by Gasteiger charge is -2.08. The Labute approximate surface area is 93.6 Å². The van der Waals surface area contributed by atoms with Crippen LogP contribution in [-0.2, 0) is 0 Å². The van der Waals surface area contributed by atoms with Crippen molar-refractivity contribution in [1.82, 2.24) is 4.98 Å². The largest absolute Gasteiger partial charge is 0.388 e. The first-order chi connectivity index (χ1) is 7.20. The summed E-state index contributed by atoms with van der Waals surface area (Å²) in [4.78, 5) is 4.42. The smallest absolute Gasteiger partial charge is 0.0907 e. The number of benzene rings is 1. The lowest BCUT2D eigenvalue weighted by atomic mass is 10.1. The zero-order valence-electron chi connectivity index (χ0n) is 9.03. The molecule has 2 aromatic rings. The molecule has 0 aliphatic carbocycles. The molecule has 0 saturated carbocycles. The third-order valence-corrected chi connectivity index (χ3v) is 3.42. The van der Waals surface area contributed by atoms with Crippen LogP contribution in [0.3, 0.4) is 0 Å². The van der Waals surface area contributed by atoms with Crippen LogP contribution in [0.25, 0.3) is 10.2 Å². The van der Waals surface area contributed by atoms with Crippen molar-refractivity contribution in [3.63, 3.8) is 0 Å². The number of aromatic nitrogens is 1. The second-order valence-electron chi connectivity index (χ2n) is 3.76. The molecular weight excluding hydrogens is 206 g/mol. The molecule has 0 saturated heterocycles. The van der Waals surface area contributed by atoms with Crippen LogP contribution >= 0.6 is 11.3 Å². The first-order valence-electron chi connectivity index (χ1n) is 5.26. The molecule has 80 valence electrons. The van der Waals surface area contributed by atoms with E-state index >= 15 is 0 Å². The number of aliphatic hydroxyl groups excluding tert-OH is 1. The van der Waals surface area contributed by atoms with E-state index in [1.165, 1.54) is 4.70 Å². The van der Waals surface area contributed by atoms with Gasteiger partial charge in [-0.2, -0.15) is 0 Å². The maximum Gasteiger partial charge on any atom is 0.0907 e. The molecule has 1 aromatic carbocycles. The van der Waals surface area contributed by atoms with Gasteiger partial charge in [-0.15, -0.1) is 11.3 Å². The molecule has 2 nitrogen and oxygen atoms in total. The summed E-state index contributed by atoms with van der Waals surface area (Å²) in [5.74, 6) is 0. The van der Waals surface area contributed by atoms with Crippen LogP contribution in [-0.4, -0.2) is 10.1 Å². The first-order valence-corrected chi connectivity index (χ1v) is 6.07. The summed E-state index contributed by atoms with van der Waals surface area (Å²) in [5.41, 5.74) is 1.99. The van der Waals surface area contributed by atoms with E-state index in [0.717, 1.165) is 28.9 Å². The van der Waals surface area contributed by atoms with E-state index in [0.29, 0.717) is 0 Å². The summed E-state index contributed by atoms with van der Waals surface area (Å²) in [6.07, 6.45) is 1.46. The van der Waals surface area contributed by atoms with E-state index in [4.69, 9.17) is 0 Å². The summed E-state index contributed by atoms with van der Waals surface area (Å²) in [5, 5.41) is 10.9. The molecule has 0 aliphatic rings. The molecule has 0 aliphatic heterocycles. The molecule has 1 aromatic heterocycles. The molecular formula is C12H15NOS. The summed E-state index contributed by atoms with van der Waals surface area (Å²) in [6, 6.07) is 6.05. The second-order valence-corrected chi connectivity index (χ2v) is 5.00. The minimum absolute atomic E-state index is 0.346. The quantitative estimate of drug-likeness (QED) is 0.861. The molecule has 0 amide bonds. The third kappa shape index (κ3) is 2.19. The number of aryl methyl sites for hydroxylation is 1. The van der Waals surface area contributed by atoms with Crippen molar-refractivity contribution in [1.29, 1.82) is 0 Å². The zero-order chi connectivity index (χ0) is 10.8. The fourth-order valence-corrected chi connectivity index (χ4v) is 2.51. The minimum Gasteiger partial charge on any atom is -0.388 e. The lowest BCUT2D eigenvalue weighted by Crippen LogP contribution is -1.95. The molecule has 0 fully saturated rings. The molecule has 1 heterocycles. The van der Waals surface area contributed by atoms with Gasteiger partial charge in [-0.1, -0.05) is 19.4 Å². The fraction of sp³-hybridized carbons (Fsp3) is 0.417. The van der Waals surface area contributed by atoms with Crippen molar-refractivity contribution in [2.24, 2.45) is 0 Å². The van der Waals surface area contributed by atoms with Gasteiger partial charge >= 0.3 is 0 Å². The Hall–Kier alpha value is -0.930. The minimum atomic E-state index is -0.346. The Morgan fingerprint density at radius 3 is 3.00 bits per heavy atom. The van der Waals surface area contributed by atoms with Crippen molar-refractivity contribution >= 4 is 21.6 Å². The van der Waals surface area contributed by atoms with Crippen LogP contribution in [0.5, 0.6) is 0 Å². The Balaban J connectivity index is 2.37. The summed E-state index contributed by atoms with van der Waals surface area (Å²) < 4.78 is 1.19. The van der Waals surface area contributed by atoms with Gasteiger partial charge in [-0.25, -0.2) is 4.98 Å². The molecule has 0 bridgehead atoms. The Morgan fingerprint density at radius 2 is 2.27 bits per heavy atom. The van der Waals surface area contributed by atoms with Gasteiger partial charge in [0.2, 0.25) is 0 Å². The van der Waals surface area contributed by atoms with E-state index in [9.17, 15) is 5.11 Å². The molecule has 1 unspecified atom stereocenters. The van der Waals surface area contributed by atoms with E-state index in [-0.39, 0.29) is 6.10 Å². The molecule has 0 spiro atoms. The number of fused-ring (bicyclic) bond motifs is 1. The Morgan fingerprint density at radius 1 is 1.47 bits per heavy atom. The van der Waals surface area contributed by atoms with Crippen LogP contribution in [0, 0.1) is 6.92 Å². The van der Waals surface area contributed by atoms with Crippen LogP contribution in [0.1, 0.15) is 36.4 Å². The highest BCUT2D eigenvalue weighted by molar-refractivity contribution is 7.18. The Kier molecular flexibility index (Phi) is 3.03. The van der Waals surface area contributed by atoms with E-state index in [2.05, 4.69) is 11.9 Å². The van der Waals surface area contributed by atoms with Gasteiger partial charge in [0.05, 0.1) is 21.3 Å². The maximum absolute atomic E-state index is 9.86. The Bertz CT molecular complexity index is 464. The number of hydrogen-bond donors (Lipinski definition) is 1. The average molecular weight is 221 g/mol. The molecule has 3 heteroatoms. The molecule has 2 rings (SSSR count). The van der Waals surface area contributed by atoms with Gasteiger partial charge in [0.15, 0.2) is 0 Å². The van der Waals surface area contributed by atoms with Crippen molar-refractivity contribution in [3.8, 4) is 0 Å². The number of nitrogens with zero attached hydrogens (tertiary/aromatic N) is 1. The second kappa shape index (κ2) is 4.29. The average Bonchev–Trinajstić information content (AvgIpc) is 2.57. The van der Waals surface area contributed by atoms with E-state index in [1.54, 1.807) is 11.3 Å². The van der Waals surface area contributed by atoms with Gasteiger partial charge in [-0.3, -0.25) is 0 Å². The summed E-state index contributed by atoms with van der Waals surface area (Å²) in [7, 11) is 0. The van der Waals surface area contributed by atoms with Crippen molar-refractivity contribution in [2.45, 2.75) is 32.8 Å². The lowest BCUT2D eigenvalue weighted by molar-refractivity contribution is 0.166. The topological polar surface area (TPSA) is 33.1 Å². The monoisotopic (exact) mass is 221 g/mol. The van der Waals surface area contributed by atoms with Gasteiger partial charge in [-0.05, 0) is 31.0 Å². The molecule has 15 heavy (non-hydrogen) atoms. The molecule has 0 radical (unpaired) electrons. The number of aliphatic hydroxyl groups is 1. The maximum atomic E-state index is 9.86. The van der Waals surface area contributed by atoms with Crippen LogP contribution in [0.4, 0.5) is 0 Å². The van der Waals surface area contributed by atoms with E-state index in [1.807, 2.05) is 25.1 Å². The fourth-order valence-electron chi connectivity index (χ4n) is 1.71. The highest BCUT2D eigenvalue weighted by Crippen LogP contribution is 2.26. The van der Waals surface area contributed by atoms with Crippen molar-refractivity contribution < 1.29 is 5.11 Å². The molecule has 1 atom stereocenters. The van der Waals surface area contributed by atoms with Crippen LogP contribution in [0.15, 0.2) is 18.2 Å². The number of thiazole rings is 1. The predicted molar refractivity (Wildman–Crippen MR) is 64.2 cm³/mol. The highest BCUT2D eigenvalue weighted by atomic mass is 32.1. The third-order valence-electron chi connectivity index (χ3n) is 2.47. The van der Waals surface area contributed by atoms with Gasteiger partial charge in [0.25, 0.3) is 0 Å². The van der Waals surface area contributed by atoms with E-state index < -0.39 is 0 Å². The highest BCUT2D eigenvalue weighted by Gasteiger charge is 2.08. The van der Waals surface area contributed by atoms with Gasteiger partial charge < -0.3 is 5.11 Å². The van der Waals surface area contributed by atoms with Crippen molar-refractivity contribution in [2.75, 3.05) is 0 Å². The first kappa shape index (κ1) is 10.6. The SMILES string of the molecule is CCCC(O)c1ccc2sc(C)nc2c1.